The van der Waals surface area contributed by atoms with E-state index in [0.29, 0.717) is 30.2 Å². The van der Waals surface area contributed by atoms with Gasteiger partial charge in [-0.05, 0) is 48.4 Å². The van der Waals surface area contributed by atoms with Crippen LogP contribution in [0.3, 0.4) is 0 Å². The zero-order valence-electron chi connectivity index (χ0n) is 16.6. The van der Waals surface area contributed by atoms with Gasteiger partial charge < -0.3 is 14.4 Å². The van der Waals surface area contributed by atoms with Gasteiger partial charge in [0.25, 0.3) is 5.56 Å². The maximum Gasteiger partial charge on any atom is 0.258 e. The Hall–Kier alpha value is -3.09. The number of aliphatic hydroxyl groups is 1. The fourth-order valence-corrected chi connectivity index (χ4v) is 3.48. The van der Waals surface area contributed by atoms with Gasteiger partial charge in [-0.15, -0.1) is 0 Å². The number of hydrogen-bond acceptors (Lipinski definition) is 4. The Morgan fingerprint density at radius 3 is 2.63 bits per heavy atom. The van der Waals surface area contributed by atoms with Gasteiger partial charge in [0.2, 0.25) is 0 Å². The van der Waals surface area contributed by atoms with Crippen LogP contribution in [0.4, 0.5) is 0 Å². The molecule has 0 amide bonds. The van der Waals surface area contributed by atoms with Crippen molar-refractivity contribution in [3.63, 3.8) is 0 Å². The van der Waals surface area contributed by atoms with Gasteiger partial charge in [0.15, 0.2) is 0 Å². The average Bonchev–Trinajstić information content (AvgIpc) is 3.07. The summed E-state index contributed by atoms with van der Waals surface area (Å²) in [6, 6.07) is 16.4. The Morgan fingerprint density at radius 2 is 1.90 bits per heavy atom. The summed E-state index contributed by atoms with van der Waals surface area (Å²) < 4.78 is 9.32. The van der Waals surface area contributed by atoms with Crippen LogP contribution in [0.1, 0.15) is 17.8 Å². The molecule has 0 aliphatic heterocycles. The van der Waals surface area contributed by atoms with Gasteiger partial charge in [-0.2, -0.15) is 0 Å². The molecule has 2 aromatic carbocycles. The van der Waals surface area contributed by atoms with Crippen LogP contribution in [0.15, 0.2) is 65.6 Å². The molecular weight excluding hydrogens is 402 g/mol. The molecule has 0 aliphatic rings. The molecule has 0 radical (unpaired) electrons. The fourth-order valence-electron chi connectivity index (χ4n) is 3.35. The number of nitrogens with zero attached hydrogens (tertiary/aromatic N) is 3. The van der Waals surface area contributed by atoms with Crippen molar-refractivity contribution in [3.8, 4) is 11.4 Å². The van der Waals surface area contributed by atoms with E-state index in [2.05, 4.69) is 4.98 Å². The van der Waals surface area contributed by atoms with E-state index in [0.717, 1.165) is 28.1 Å². The molecule has 4 rings (SSSR count). The zero-order chi connectivity index (χ0) is 21.1. The van der Waals surface area contributed by atoms with Crippen LogP contribution in [0.5, 0.6) is 5.75 Å². The van der Waals surface area contributed by atoms with E-state index < -0.39 is 0 Å². The summed E-state index contributed by atoms with van der Waals surface area (Å²) in [5.74, 6) is 1.42. The first-order chi connectivity index (χ1) is 14.5. The Balaban J connectivity index is 1.56. The van der Waals surface area contributed by atoms with Crippen LogP contribution >= 0.6 is 11.6 Å². The fraction of sp³-hybridized carbons (Fsp3) is 0.217. The van der Waals surface area contributed by atoms with Gasteiger partial charge in [0.1, 0.15) is 18.2 Å². The standard InChI is InChI=1S/C23H22ClN3O3/c1-26-21-13-18(8-9-20(21)25-22(26)3-2-12-28)27-11-10-19(14-23(27)29)30-15-16-4-6-17(24)7-5-16/h4-11,13-14,28H,2-3,12,15H2,1H3. The summed E-state index contributed by atoms with van der Waals surface area (Å²) in [5, 5.41) is 9.74. The highest BCUT2D eigenvalue weighted by Crippen LogP contribution is 2.20. The van der Waals surface area contributed by atoms with Crippen molar-refractivity contribution in [2.24, 2.45) is 7.05 Å². The number of aromatic nitrogens is 3. The molecular formula is C23H22ClN3O3. The predicted molar refractivity (Wildman–Crippen MR) is 118 cm³/mol. The Morgan fingerprint density at radius 1 is 1.10 bits per heavy atom. The number of halogens is 1. The van der Waals surface area contributed by atoms with Crippen LogP contribution < -0.4 is 10.3 Å². The molecule has 0 atom stereocenters. The predicted octanol–water partition coefficient (Wildman–Crippen LogP) is 3.88. The van der Waals surface area contributed by atoms with Gasteiger partial charge in [0.05, 0.1) is 16.7 Å². The second-order valence-electron chi connectivity index (χ2n) is 7.07. The summed E-state index contributed by atoms with van der Waals surface area (Å²) in [7, 11) is 1.95. The van der Waals surface area contributed by atoms with Crippen molar-refractivity contribution in [2.45, 2.75) is 19.4 Å². The average molecular weight is 424 g/mol. The Bertz CT molecular complexity index is 1230. The third-order valence-electron chi connectivity index (χ3n) is 5.00. The minimum atomic E-state index is -0.175. The van der Waals surface area contributed by atoms with E-state index in [1.54, 1.807) is 16.8 Å². The van der Waals surface area contributed by atoms with Crippen LogP contribution in [-0.2, 0) is 20.1 Å². The monoisotopic (exact) mass is 423 g/mol. The number of aryl methyl sites for hydroxylation is 2. The van der Waals surface area contributed by atoms with E-state index in [1.165, 1.54) is 6.07 Å². The third kappa shape index (κ3) is 4.25. The molecule has 7 heteroatoms. The lowest BCUT2D eigenvalue weighted by Crippen LogP contribution is -2.16. The van der Waals surface area contributed by atoms with Gasteiger partial charge in [-0.25, -0.2) is 4.98 Å². The van der Waals surface area contributed by atoms with Crippen LogP contribution in [0, 0.1) is 0 Å². The van der Waals surface area contributed by atoms with Crippen LogP contribution in [0.25, 0.3) is 16.7 Å². The summed E-state index contributed by atoms with van der Waals surface area (Å²) in [5.41, 5.74) is 3.36. The first-order valence-electron chi connectivity index (χ1n) is 9.72. The van der Waals surface area contributed by atoms with E-state index in [1.807, 2.05) is 54.1 Å². The molecule has 0 unspecified atom stereocenters. The number of benzene rings is 2. The number of fused-ring (bicyclic) bond motifs is 1. The molecule has 0 saturated heterocycles. The number of imidazole rings is 1. The lowest BCUT2D eigenvalue weighted by Gasteiger charge is -2.10. The largest absolute Gasteiger partial charge is 0.489 e. The minimum absolute atomic E-state index is 0.135. The van der Waals surface area contributed by atoms with Crippen molar-refractivity contribution < 1.29 is 9.84 Å². The second-order valence-corrected chi connectivity index (χ2v) is 7.51. The molecule has 0 bridgehead atoms. The summed E-state index contributed by atoms with van der Waals surface area (Å²) in [6.45, 7) is 0.495. The number of pyridine rings is 1. The Kier molecular flexibility index (Phi) is 5.88. The first-order valence-corrected chi connectivity index (χ1v) is 10.1. The van der Waals surface area contributed by atoms with Gasteiger partial charge in [0, 0.05) is 37.4 Å². The van der Waals surface area contributed by atoms with E-state index in [-0.39, 0.29) is 12.2 Å². The summed E-state index contributed by atoms with van der Waals surface area (Å²) in [6.07, 6.45) is 3.08. The molecule has 2 aromatic heterocycles. The molecule has 154 valence electrons. The molecule has 0 aliphatic carbocycles. The molecule has 1 N–H and O–H groups in total. The topological polar surface area (TPSA) is 69.3 Å². The van der Waals surface area contributed by atoms with Crippen molar-refractivity contribution in [3.05, 3.63) is 87.6 Å². The SMILES string of the molecule is Cn1c(CCCO)nc2ccc(-n3ccc(OCc4ccc(Cl)cc4)cc3=O)cc21. The second kappa shape index (κ2) is 8.73. The van der Waals surface area contributed by atoms with Crippen LogP contribution in [-0.4, -0.2) is 25.8 Å². The highest BCUT2D eigenvalue weighted by molar-refractivity contribution is 6.30. The molecule has 30 heavy (non-hydrogen) atoms. The molecule has 4 aromatic rings. The maximum absolute atomic E-state index is 12.7. The first kappa shape index (κ1) is 20.2. The molecule has 0 spiro atoms. The van der Waals surface area contributed by atoms with Crippen LogP contribution in [0.2, 0.25) is 5.02 Å². The van der Waals surface area contributed by atoms with E-state index in [4.69, 9.17) is 21.4 Å². The highest BCUT2D eigenvalue weighted by Gasteiger charge is 2.10. The van der Waals surface area contributed by atoms with Crippen molar-refractivity contribution in [1.82, 2.24) is 14.1 Å². The van der Waals surface area contributed by atoms with Crippen molar-refractivity contribution >= 4 is 22.6 Å². The smallest absolute Gasteiger partial charge is 0.258 e. The number of rotatable bonds is 7. The normalized spacial score (nSPS) is 11.2. The van der Waals surface area contributed by atoms with Gasteiger partial charge >= 0.3 is 0 Å². The van der Waals surface area contributed by atoms with Gasteiger partial charge in [-0.1, -0.05) is 23.7 Å². The summed E-state index contributed by atoms with van der Waals surface area (Å²) in [4.78, 5) is 17.3. The van der Waals surface area contributed by atoms with Crippen molar-refractivity contribution in [1.29, 1.82) is 0 Å². The molecule has 0 saturated carbocycles. The third-order valence-corrected chi connectivity index (χ3v) is 5.26. The number of aliphatic hydroxyl groups excluding tert-OH is 1. The zero-order valence-corrected chi connectivity index (χ0v) is 17.3. The number of ether oxygens (including phenoxy) is 1. The summed E-state index contributed by atoms with van der Waals surface area (Å²) >= 11 is 5.89. The molecule has 2 heterocycles. The Labute approximate surface area is 178 Å². The quantitative estimate of drug-likeness (QED) is 0.489. The van der Waals surface area contributed by atoms with E-state index >= 15 is 0 Å². The molecule has 6 nitrogen and oxygen atoms in total. The molecule has 0 fully saturated rings. The van der Waals surface area contributed by atoms with Crippen molar-refractivity contribution in [2.75, 3.05) is 6.61 Å². The highest BCUT2D eigenvalue weighted by atomic mass is 35.5. The lowest BCUT2D eigenvalue weighted by atomic mass is 10.2. The lowest BCUT2D eigenvalue weighted by molar-refractivity contribution is 0.287. The minimum Gasteiger partial charge on any atom is -0.489 e. The van der Waals surface area contributed by atoms with Gasteiger partial charge in [-0.3, -0.25) is 9.36 Å². The number of hydrogen-bond donors (Lipinski definition) is 1. The maximum atomic E-state index is 12.7. The van der Waals surface area contributed by atoms with E-state index in [9.17, 15) is 4.79 Å².